The van der Waals surface area contributed by atoms with E-state index in [2.05, 4.69) is 104 Å². The van der Waals surface area contributed by atoms with Crippen LogP contribution in [0.4, 0.5) is 9.59 Å². The Morgan fingerprint density at radius 1 is 0.366 bits per heavy atom. The van der Waals surface area contributed by atoms with E-state index in [4.69, 9.17) is 85.3 Å². The van der Waals surface area contributed by atoms with E-state index in [0.29, 0.717) is 75.3 Å². The van der Waals surface area contributed by atoms with Gasteiger partial charge in [0, 0.05) is 59.9 Å². The second-order valence-electron chi connectivity index (χ2n) is 38.5. The Bertz CT molecular complexity index is 5090. The fraction of sp³-hybridized carbons (Fsp3) is 0.491. The number of hydrogen-bond donors (Lipinski definition) is 4. The quantitative estimate of drug-likeness (QED) is 0.00904. The van der Waals surface area contributed by atoms with Crippen LogP contribution in [0.2, 0.25) is 0 Å². The molecule has 4 saturated heterocycles. The van der Waals surface area contributed by atoms with Gasteiger partial charge in [0.2, 0.25) is 6.29 Å². The van der Waals surface area contributed by atoms with Crippen LogP contribution >= 0.6 is 0 Å². The topological polar surface area (TPSA) is 346 Å². The number of rotatable bonds is 53. The maximum Gasteiger partial charge on any atom is 0.410 e. The molecule has 1 aliphatic carbocycles. The van der Waals surface area contributed by atoms with Gasteiger partial charge in [0.15, 0.2) is 12.7 Å². The van der Waals surface area contributed by atoms with Crippen LogP contribution in [0.25, 0.3) is 0 Å². The van der Waals surface area contributed by atoms with Gasteiger partial charge in [-0.2, -0.15) is 0 Å². The van der Waals surface area contributed by atoms with Crippen LogP contribution in [0.5, 0.6) is 46.0 Å². The van der Waals surface area contributed by atoms with Gasteiger partial charge in [-0.25, -0.2) is 9.59 Å². The molecule has 0 spiro atoms. The van der Waals surface area contributed by atoms with E-state index in [9.17, 15) is 39.0 Å². The van der Waals surface area contributed by atoms with Crippen molar-refractivity contribution in [2.24, 2.45) is 10.8 Å². The molecule has 8 aromatic rings. The van der Waals surface area contributed by atoms with E-state index >= 15 is 0 Å². The van der Waals surface area contributed by atoms with E-state index < -0.39 is 89.6 Å². The Labute approximate surface area is 785 Å². The molecule has 10 unspecified atom stereocenters. The second-order valence-corrected chi connectivity index (χ2v) is 38.5. The van der Waals surface area contributed by atoms with Gasteiger partial charge in [-0.15, -0.1) is 0 Å². The summed E-state index contributed by atoms with van der Waals surface area (Å²) in [6, 6.07) is 61.6. The molecule has 134 heavy (non-hydrogen) atoms. The minimum absolute atomic E-state index is 0.0196. The van der Waals surface area contributed by atoms with Gasteiger partial charge in [0.1, 0.15) is 143 Å². The Morgan fingerprint density at radius 3 is 1.01 bits per heavy atom. The summed E-state index contributed by atoms with van der Waals surface area (Å²) in [5.41, 5.74) is 5.90. The highest BCUT2D eigenvalue weighted by Crippen LogP contribution is 2.47. The number of esters is 4. The molecule has 0 bridgehead atoms. The third-order valence-corrected chi connectivity index (χ3v) is 24.9. The lowest BCUT2D eigenvalue weighted by Crippen LogP contribution is -2.51. The molecule has 2 amide bonds. The predicted octanol–water partition coefficient (Wildman–Crippen LogP) is 16.4. The summed E-state index contributed by atoms with van der Waals surface area (Å²) in [6.45, 7) is 25.7. The monoisotopic (exact) mass is 1850 g/mol. The number of benzene rings is 8. The van der Waals surface area contributed by atoms with Crippen molar-refractivity contribution >= 4 is 36.1 Å². The van der Waals surface area contributed by atoms with Crippen LogP contribution in [-0.2, 0) is 88.2 Å². The van der Waals surface area contributed by atoms with Crippen LogP contribution in [0.1, 0.15) is 191 Å². The third kappa shape index (κ3) is 31.2. The summed E-state index contributed by atoms with van der Waals surface area (Å²) in [4.78, 5) is 80.9. The molecule has 8 aromatic carbocycles. The van der Waals surface area contributed by atoms with E-state index in [0.717, 1.165) is 80.7 Å². The molecule has 10 atom stereocenters. The molecular formula is C106H130N2O26. The number of carbonyl (C=O) groups is 6. The smallest absolute Gasteiger partial charge is 0.410 e. The van der Waals surface area contributed by atoms with Crippen LogP contribution in [-0.4, -0.2) is 201 Å². The van der Waals surface area contributed by atoms with Crippen LogP contribution < -0.4 is 48.5 Å². The molecule has 28 nitrogen and oxygen atoms in total. The summed E-state index contributed by atoms with van der Waals surface area (Å²) in [7, 11) is 0. The molecule has 13 rings (SSSR count). The molecular weight excluding hydrogens is 1720 g/mol. The van der Waals surface area contributed by atoms with Gasteiger partial charge in [0.25, 0.3) is 6.29 Å². The number of aliphatic hydroxyl groups excluding tert-OH is 2. The summed E-state index contributed by atoms with van der Waals surface area (Å²) in [5.74, 6) is 2.58. The van der Waals surface area contributed by atoms with Gasteiger partial charge in [-0.3, -0.25) is 19.2 Å². The number of ether oxygens (including phenoxy) is 18. The fourth-order valence-electron chi connectivity index (χ4n) is 16.5. The largest absolute Gasteiger partial charge is 0.491 e. The van der Waals surface area contributed by atoms with Crippen molar-refractivity contribution in [3.05, 3.63) is 239 Å². The van der Waals surface area contributed by atoms with Gasteiger partial charge >= 0.3 is 36.1 Å². The van der Waals surface area contributed by atoms with Gasteiger partial charge < -0.3 is 106 Å². The lowest BCUT2D eigenvalue weighted by atomic mass is 9.62. The van der Waals surface area contributed by atoms with Crippen molar-refractivity contribution in [1.82, 2.24) is 10.6 Å². The lowest BCUT2D eigenvalue weighted by molar-refractivity contribution is -0.154. The molecule has 5 fully saturated rings. The van der Waals surface area contributed by atoms with Gasteiger partial charge in [-0.1, -0.05) is 173 Å². The minimum atomic E-state index is -1.43. The predicted molar refractivity (Wildman–Crippen MR) is 497 cm³/mol. The molecule has 4 aliphatic heterocycles. The summed E-state index contributed by atoms with van der Waals surface area (Å²) >= 11 is 0. The molecule has 4 heterocycles. The highest BCUT2D eigenvalue weighted by Gasteiger charge is 2.43. The summed E-state index contributed by atoms with van der Waals surface area (Å²) in [5, 5.41) is 27.4. The fourth-order valence-corrected chi connectivity index (χ4v) is 16.5. The summed E-state index contributed by atoms with van der Waals surface area (Å²) in [6.07, 6.45) is -3.67. The molecule has 720 valence electrons. The van der Waals surface area contributed by atoms with Crippen LogP contribution in [0, 0.1) is 10.8 Å². The third-order valence-electron chi connectivity index (χ3n) is 24.9. The van der Waals surface area contributed by atoms with Crippen molar-refractivity contribution in [3.8, 4) is 46.0 Å². The SMILES string of the molecule is CC1(C)CC(NC(=O)OC(COC(=O)CCCCC(=O)OCC(O)COc2ccc(C(C)(C)c3ccc(OCC4CO4)cc3)cc2)Oc2ccc(C(C)(C)c3ccc(OCC4CO4)cc3)cc2)CC(C)(CNC(=O)OC(COC(=O)CCCCC(=O)OCC(O)COc2ccc(C(C)(C)c3ccc(OCC4CO4)cc3)cc2)COc2ccc(C(C)(C)c3ccc(OC4CO4)cc3)cc2)C1. The first kappa shape index (κ1) is 99.8. The first-order valence-corrected chi connectivity index (χ1v) is 46.5. The second kappa shape index (κ2) is 46.1. The van der Waals surface area contributed by atoms with E-state index in [1.807, 2.05) is 165 Å². The number of nitrogens with one attached hydrogen (secondary N) is 2. The van der Waals surface area contributed by atoms with Gasteiger partial charge in [0.05, 0.1) is 19.8 Å². The molecule has 28 heteroatoms. The Hall–Kier alpha value is -11.7. The zero-order valence-electron chi connectivity index (χ0n) is 78.7. The standard InChI is InChI=1S/C106H130N2O26/c1-101(2)52-78(108-100(116)134-98(132-88-50-34-77(35-51-88)105(9,10)74-28-44-85(45-29-74)121-60-91-63-125-91)67-129-96(114)19-15-13-17-94(112)127-57-80(110)55-118-82-38-22-71(23-39-82)103(5,6)73-26-42-84(43-27-73)120-59-90-62-124-90)53-106(11,68-101)69-107-99(115)133-92(64-122-86-46-30-75(31-47-86)104(7,8)76-32-48-87(49-33-76)131-97-66-130-97)65-128-95(113)18-14-12-16-93(111)126-56-79(109)54-117-81-36-20-70(21-37-81)102(3,4)72-24-40-83(41-25-72)119-58-89-61-123-89/h20-51,78-80,89-92,97-98,109-110H,12-19,52-69H2,1-11H3,(H,107,115)(H,108,116). The Balaban J connectivity index is 0.571. The molecule has 4 N–H and O–H groups in total. The zero-order valence-corrected chi connectivity index (χ0v) is 78.7. The maximum atomic E-state index is 14.3. The highest BCUT2D eigenvalue weighted by molar-refractivity contribution is 5.72. The van der Waals surface area contributed by atoms with Crippen LogP contribution in [0.3, 0.4) is 0 Å². The normalized spacial score (nSPS) is 19.1. The van der Waals surface area contributed by atoms with Crippen molar-refractivity contribution in [3.63, 3.8) is 0 Å². The van der Waals surface area contributed by atoms with Crippen molar-refractivity contribution in [2.45, 2.75) is 224 Å². The number of hydrogen-bond acceptors (Lipinski definition) is 26. The van der Waals surface area contributed by atoms with Crippen molar-refractivity contribution in [1.29, 1.82) is 0 Å². The van der Waals surface area contributed by atoms with Crippen molar-refractivity contribution in [2.75, 3.05) is 99.0 Å². The van der Waals surface area contributed by atoms with Crippen molar-refractivity contribution < 1.29 is 124 Å². The zero-order chi connectivity index (χ0) is 95.1. The Morgan fingerprint density at radius 2 is 0.672 bits per heavy atom. The number of epoxide rings is 4. The number of carbonyl (C=O) groups excluding carboxylic acids is 6. The van der Waals surface area contributed by atoms with E-state index in [1.165, 1.54) is 0 Å². The lowest BCUT2D eigenvalue weighted by Gasteiger charge is -2.46. The average molecular weight is 1850 g/mol. The molecule has 5 aliphatic rings. The first-order valence-electron chi connectivity index (χ1n) is 46.5. The number of unbranched alkanes of at least 4 members (excludes halogenated alkanes) is 2. The minimum Gasteiger partial charge on any atom is -0.491 e. The van der Waals surface area contributed by atoms with E-state index in [1.54, 1.807) is 12.1 Å². The number of alkyl carbamates (subject to hydrolysis) is 2. The first-order chi connectivity index (χ1) is 64.1. The number of amides is 2. The summed E-state index contributed by atoms with van der Waals surface area (Å²) < 4.78 is 103. The highest BCUT2D eigenvalue weighted by atomic mass is 16.8. The maximum absolute atomic E-state index is 14.3. The van der Waals surface area contributed by atoms with E-state index in [-0.39, 0.29) is 138 Å². The van der Waals surface area contributed by atoms with Crippen LogP contribution in [0.15, 0.2) is 194 Å². The van der Waals surface area contributed by atoms with Gasteiger partial charge in [-0.05, 0) is 197 Å². The molecule has 1 saturated carbocycles. The Kier molecular flexibility index (Phi) is 34.3. The number of aliphatic hydroxyl groups is 2. The molecule has 0 radical (unpaired) electrons. The molecule has 0 aromatic heterocycles. The average Bonchev–Trinajstić information content (AvgIpc) is 1.04.